The molecule has 0 heterocycles. The Hall–Kier alpha value is -0.673. The lowest BCUT2D eigenvalue weighted by Crippen LogP contribution is -2.39. The highest BCUT2D eigenvalue weighted by atomic mass is 31.2. The fourth-order valence-electron chi connectivity index (χ4n) is 1.72. The molecule has 1 aromatic rings. The summed E-state index contributed by atoms with van der Waals surface area (Å²) < 4.78 is 22.9. The summed E-state index contributed by atoms with van der Waals surface area (Å²) in [7, 11) is -4.84. The third-order valence-corrected chi connectivity index (χ3v) is 7.66. The number of benzene rings is 1. The molecule has 0 aliphatic rings. The van der Waals surface area contributed by atoms with Gasteiger partial charge in [-0.2, -0.15) is 0 Å². The van der Waals surface area contributed by atoms with Gasteiger partial charge < -0.3 is 9.05 Å². The summed E-state index contributed by atoms with van der Waals surface area (Å²) >= 11 is 0. The minimum atomic E-state index is -3.08. The van der Waals surface area contributed by atoms with Gasteiger partial charge in [-0.1, -0.05) is 54.3 Å². The maximum atomic E-state index is 12.4. The van der Waals surface area contributed by atoms with E-state index in [0.717, 1.165) is 0 Å². The SMILES string of the molecule is CCOP(=O)(/C=C\[Si](C)(C)c1ccccc1)OCC. The van der Waals surface area contributed by atoms with Crippen LogP contribution >= 0.6 is 7.60 Å². The Morgan fingerprint density at radius 1 is 1.11 bits per heavy atom. The molecule has 0 aromatic heterocycles. The van der Waals surface area contributed by atoms with Crippen LogP contribution in [0.25, 0.3) is 0 Å². The Kier molecular flexibility index (Phi) is 6.21. The van der Waals surface area contributed by atoms with Gasteiger partial charge in [-0.3, -0.25) is 4.57 Å². The van der Waals surface area contributed by atoms with Crippen molar-refractivity contribution in [1.29, 1.82) is 0 Å². The fourth-order valence-corrected chi connectivity index (χ4v) is 6.16. The van der Waals surface area contributed by atoms with Gasteiger partial charge in [0.15, 0.2) is 0 Å². The predicted octanol–water partition coefficient (Wildman–Crippen LogP) is 3.92. The molecule has 5 heteroatoms. The number of hydrogen-bond donors (Lipinski definition) is 0. The normalized spacial score (nSPS) is 13.1. The summed E-state index contributed by atoms with van der Waals surface area (Å²) in [5, 5.41) is 1.30. The Balaban J connectivity index is 2.92. The van der Waals surface area contributed by atoms with Gasteiger partial charge in [-0.15, -0.1) is 0 Å². The molecule has 0 atom stereocenters. The van der Waals surface area contributed by atoms with E-state index in [-0.39, 0.29) is 0 Å². The van der Waals surface area contributed by atoms with Crippen LogP contribution in [0.3, 0.4) is 0 Å². The van der Waals surface area contributed by atoms with Crippen LogP contribution in [0.15, 0.2) is 41.8 Å². The van der Waals surface area contributed by atoms with Crippen LogP contribution in [-0.2, 0) is 13.6 Å². The summed E-state index contributed by atoms with van der Waals surface area (Å²) in [5.74, 6) is 1.64. The maximum Gasteiger partial charge on any atom is 0.353 e. The minimum Gasteiger partial charge on any atom is -0.306 e. The van der Waals surface area contributed by atoms with E-state index >= 15 is 0 Å². The highest BCUT2D eigenvalue weighted by Gasteiger charge is 2.24. The van der Waals surface area contributed by atoms with E-state index in [1.165, 1.54) is 5.19 Å². The molecule has 19 heavy (non-hydrogen) atoms. The van der Waals surface area contributed by atoms with Gasteiger partial charge in [0.1, 0.15) is 8.07 Å². The van der Waals surface area contributed by atoms with Gasteiger partial charge >= 0.3 is 7.60 Å². The molecule has 0 saturated carbocycles. The standard InChI is InChI=1S/C14H23O3PSi/c1-5-16-18(15,17-6-2)12-13-19(3,4)14-10-8-7-9-11-14/h7-13H,5-6H2,1-4H3/b13-12-. The molecule has 0 saturated heterocycles. The van der Waals surface area contributed by atoms with Crippen LogP contribution in [0.2, 0.25) is 13.1 Å². The van der Waals surface area contributed by atoms with Gasteiger partial charge in [0.2, 0.25) is 0 Å². The van der Waals surface area contributed by atoms with Crippen molar-refractivity contribution < 1.29 is 13.6 Å². The highest BCUT2D eigenvalue weighted by molar-refractivity contribution is 7.57. The predicted molar refractivity (Wildman–Crippen MR) is 83.6 cm³/mol. The van der Waals surface area contributed by atoms with Crippen molar-refractivity contribution in [1.82, 2.24) is 0 Å². The fraction of sp³-hybridized carbons (Fsp3) is 0.429. The second-order valence-electron chi connectivity index (χ2n) is 4.78. The first kappa shape index (κ1) is 16.4. The summed E-state index contributed by atoms with van der Waals surface area (Å²) in [6, 6.07) is 10.3. The van der Waals surface area contributed by atoms with E-state index < -0.39 is 15.7 Å². The molecule has 0 unspecified atom stereocenters. The molecule has 0 N–H and O–H groups in total. The smallest absolute Gasteiger partial charge is 0.306 e. The Morgan fingerprint density at radius 3 is 2.11 bits per heavy atom. The Bertz CT molecular complexity index is 447. The Morgan fingerprint density at radius 2 is 1.63 bits per heavy atom. The lowest BCUT2D eigenvalue weighted by atomic mass is 10.4. The molecule has 106 valence electrons. The van der Waals surface area contributed by atoms with Crippen LogP contribution < -0.4 is 5.19 Å². The van der Waals surface area contributed by atoms with Gasteiger partial charge in [0, 0.05) is 5.82 Å². The molecule has 1 aromatic carbocycles. The van der Waals surface area contributed by atoms with Gasteiger partial charge in [0.25, 0.3) is 0 Å². The molecule has 0 radical (unpaired) electrons. The van der Waals surface area contributed by atoms with Crippen LogP contribution in [0.5, 0.6) is 0 Å². The van der Waals surface area contributed by atoms with Crippen molar-refractivity contribution in [2.45, 2.75) is 26.9 Å². The zero-order chi connectivity index (χ0) is 14.4. The third-order valence-electron chi connectivity index (χ3n) is 2.81. The van der Waals surface area contributed by atoms with Crippen LogP contribution in [0, 0.1) is 0 Å². The first-order valence-corrected chi connectivity index (χ1v) is 11.3. The first-order chi connectivity index (χ1) is 8.93. The van der Waals surface area contributed by atoms with Crippen molar-refractivity contribution in [3.8, 4) is 0 Å². The number of hydrogen-bond acceptors (Lipinski definition) is 3. The summed E-state index contributed by atoms with van der Waals surface area (Å²) in [6.07, 6.45) is 0. The lowest BCUT2D eigenvalue weighted by molar-refractivity contribution is 0.229. The van der Waals surface area contributed by atoms with Gasteiger partial charge in [-0.25, -0.2) is 0 Å². The van der Waals surface area contributed by atoms with Crippen molar-refractivity contribution >= 4 is 20.9 Å². The van der Waals surface area contributed by atoms with E-state index in [1.54, 1.807) is 5.82 Å². The van der Waals surface area contributed by atoms with Crippen LogP contribution in [-0.4, -0.2) is 21.3 Å². The summed E-state index contributed by atoms with van der Waals surface area (Å²) in [4.78, 5) is 0. The van der Waals surface area contributed by atoms with Crippen LogP contribution in [0.1, 0.15) is 13.8 Å². The summed E-state index contributed by atoms with van der Waals surface area (Å²) in [6.45, 7) is 8.82. The average Bonchev–Trinajstić information content (AvgIpc) is 2.38. The topological polar surface area (TPSA) is 35.5 Å². The zero-order valence-corrected chi connectivity index (χ0v) is 14.0. The van der Waals surface area contributed by atoms with E-state index in [0.29, 0.717) is 13.2 Å². The largest absolute Gasteiger partial charge is 0.353 e. The van der Waals surface area contributed by atoms with Crippen LogP contribution in [0.4, 0.5) is 0 Å². The van der Waals surface area contributed by atoms with Crippen molar-refractivity contribution in [3.63, 3.8) is 0 Å². The average molecular weight is 298 g/mol. The third kappa shape index (κ3) is 5.07. The molecule has 1 rings (SSSR count). The van der Waals surface area contributed by atoms with Gasteiger partial charge in [-0.05, 0) is 13.8 Å². The van der Waals surface area contributed by atoms with Crippen molar-refractivity contribution in [3.05, 3.63) is 41.8 Å². The lowest BCUT2D eigenvalue weighted by Gasteiger charge is -2.20. The van der Waals surface area contributed by atoms with Crippen molar-refractivity contribution in [2.24, 2.45) is 0 Å². The molecule has 0 aliphatic carbocycles. The Labute approximate surface area is 117 Å². The van der Waals surface area contributed by atoms with E-state index in [1.807, 2.05) is 37.7 Å². The van der Waals surface area contributed by atoms with E-state index in [9.17, 15) is 4.57 Å². The molecular weight excluding hydrogens is 275 g/mol. The van der Waals surface area contributed by atoms with E-state index in [4.69, 9.17) is 9.05 Å². The second kappa shape index (κ2) is 7.20. The second-order valence-corrected chi connectivity index (χ2v) is 11.0. The monoisotopic (exact) mass is 298 g/mol. The maximum absolute atomic E-state index is 12.4. The molecule has 0 bridgehead atoms. The number of rotatable bonds is 7. The minimum absolute atomic E-state index is 0.384. The van der Waals surface area contributed by atoms with E-state index in [2.05, 4.69) is 25.2 Å². The highest BCUT2D eigenvalue weighted by Crippen LogP contribution is 2.49. The molecular formula is C14H23O3PSi. The molecule has 3 nitrogen and oxygen atoms in total. The van der Waals surface area contributed by atoms with Gasteiger partial charge in [0.05, 0.1) is 13.2 Å². The molecule has 0 fully saturated rings. The zero-order valence-electron chi connectivity index (χ0n) is 12.1. The van der Waals surface area contributed by atoms with Crippen molar-refractivity contribution in [2.75, 3.05) is 13.2 Å². The quantitative estimate of drug-likeness (QED) is 0.565. The molecule has 0 amide bonds. The summed E-state index contributed by atoms with van der Waals surface area (Å²) in [5.41, 5.74) is 2.04. The molecule has 0 aliphatic heterocycles. The first-order valence-electron chi connectivity index (χ1n) is 6.58. The molecule has 0 spiro atoms.